The number of aryl methyl sites for hydroxylation is 2. The van der Waals surface area contributed by atoms with Crippen molar-refractivity contribution in [3.8, 4) is 11.4 Å². The number of rotatable bonds is 6. The normalized spacial score (nSPS) is 10.7. The molecule has 7 heteroatoms. The van der Waals surface area contributed by atoms with Crippen LogP contribution in [0.5, 0.6) is 0 Å². The Kier molecular flexibility index (Phi) is 6.11. The van der Waals surface area contributed by atoms with Crippen molar-refractivity contribution >= 4 is 39.3 Å². The van der Waals surface area contributed by atoms with Gasteiger partial charge in [0, 0.05) is 15.7 Å². The van der Waals surface area contributed by atoms with Crippen molar-refractivity contribution in [2.24, 2.45) is 0 Å². The number of benzene rings is 2. The molecule has 1 aromatic heterocycles. The summed E-state index contributed by atoms with van der Waals surface area (Å²) in [5.74, 6) is 0.865. The Hall–Kier alpha value is -2.12. The Labute approximate surface area is 165 Å². The Balaban J connectivity index is 1.63. The number of thioether (sulfide) groups is 1. The third kappa shape index (κ3) is 4.34. The lowest BCUT2D eigenvalue weighted by Gasteiger charge is -2.12. The summed E-state index contributed by atoms with van der Waals surface area (Å²) < 4.78 is 0.942. The van der Waals surface area contributed by atoms with Crippen LogP contribution in [0.4, 0.5) is 5.69 Å². The number of amides is 1. The molecule has 26 heavy (non-hydrogen) atoms. The summed E-state index contributed by atoms with van der Waals surface area (Å²) in [6.07, 6.45) is 0.876. The second-order valence-electron chi connectivity index (χ2n) is 5.75. The molecule has 2 N–H and O–H groups in total. The van der Waals surface area contributed by atoms with Crippen LogP contribution in [-0.4, -0.2) is 26.8 Å². The average molecular weight is 431 g/mol. The lowest BCUT2D eigenvalue weighted by molar-refractivity contribution is -0.113. The topological polar surface area (TPSA) is 70.7 Å². The van der Waals surface area contributed by atoms with E-state index in [0.29, 0.717) is 11.0 Å². The van der Waals surface area contributed by atoms with E-state index < -0.39 is 0 Å². The number of H-pyrrole nitrogens is 1. The molecule has 1 amide bonds. The number of carbonyl (C=O) groups excluding carboxylic acids is 1. The van der Waals surface area contributed by atoms with Crippen molar-refractivity contribution in [3.63, 3.8) is 0 Å². The van der Waals surface area contributed by atoms with Crippen LogP contribution in [0.1, 0.15) is 18.1 Å². The summed E-state index contributed by atoms with van der Waals surface area (Å²) in [5, 5.41) is 10.7. The molecular weight excluding hydrogens is 412 g/mol. The Morgan fingerprint density at radius 2 is 2.04 bits per heavy atom. The van der Waals surface area contributed by atoms with Crippen LogP contribution >= 0.6 is 27.7 Å². The van der Waals surface area contributed by atoms with Gasteiger partial charge >= 0.3 is 0 Å². The monoisotopic (exact) mass is 430 g/mol. The molecule has 0 aliphatic rings. The molecule has 0 aliphatic heterocycles. The first-order valence-electron chi connectivity index (χ1n) is 8.27. The minimum absolute atomic E-state index is 0.0637. The molecule has 0 fully saturated rings. The highest BCUT2D eigenvalue weighted by molar-refractivity contribution is 9.10. The first-order valence-corrected chi connectivity index (χ1v) is 10.0. The van der Waals surface area contributed by atoms with Gasteiger partial charge in [0.15, 0.2) is 5.82 Å². The second-order valence-corrected chi connectivity index (χ2v) is 7.54. The zero-order valence-electron chi connectivity index (χ0n) is 14.5. The number of aromatic amines is 1. The molecule has 134 valence electrons. The van der Waals surface area contributed by atoms with Gasteiger partial charge in [-0.3, -0.25) is 9.89 Å². The van der Waals surface area contributed by atoms with Crippen molar-refractivity contribution in [3.05, 3.63) is 58.1 Å². The number of para-hydroxylation sites is 1. The number of nitrogens with one attached hydrogen (secondary N) is 2. The molecule has 0 unspecified atom stereocenters. The summed E-state index contributed by atoms with van der Waals surface area (Å²) in [6, 6.07) is 13.8. The standard InChI is InChI=1S/C19H19BrN4OS/c1-3-13-8-6-7-12(2)17(13)21-16(25)11-26-19-22-18(23-24-19)14-9-4-5-10-15(14)20/h4-10H,3,11H2,1-2H3,(H,21,25)(H,22,23,24). The number of hydrogen-bond donors (Lipinski definition) is 2. The molecule has 3 rings (SSSR count). The fraction of sp³-hybridized carbons (Fsp3) is 0.211. The van der Waals surface area contributed by atoms with E-state index in [9.17, 15) is 4.79 Å². The van der Waals surface area contributed by atoms with Gasteiger partial charge in [-0.05, 0) is 30.5 Å². The van der Waals surface area contributed by atoms with Crippen LogP contribution in [0.3, 0.4) is 0 Å². The highest BCUT2D eigenvalue weighted by Gasteiger charge is 2.12. The average Bonchev–Trinajstić information content (AvgIpc) is 3.11. The molecule has 0 atom stereocenters. The molecule has 0 saturated carbocycles. The minimum atomic E-state index is -0.0637. The maximum atomic E-state index is 12.3. The van der Waals surface area contributed by atoms with Gasteiger partial charge in [0.1, 0.15) is 0 Å². The summed E-state index contributed by atoms with van der Waals surface area (Å²) in [4.78, 5) is 16.8. The molecular formula is C19H19BrN4OS. The Morgan fingerprint density at radius 3 is 2.81 bits per heavy atom. The van der Waals surface area contributed by atoms with Crippen molar-refractivity contribution in [1.82, 2.24) is 15.2 Å². The van der Waals surface area contributed by atoms with Gasteiger partial charge in [0.25, 0.3) is 0 Å². The summed E-state index contributed by atoms with van der Waals surface area (Å²) >= 11 is 4.81. The largest absolute Gasteiger partial charge is 0.325 e. The van der Waals surface area contributed by atoms with E-state index in [0.717, 1.165) is 33.3 Å². The lowest BCUT2D eigenvalue weighted by atomic mass is 10.1. The quantitative estimate of drug-likeness (QED) is 0.549. The van der Waals surface area contributed by atoms with Crippen LogP contribution in [0, 0.1) is 6.92 Å². The number of hydrogen-bond acceptors (Lipinski definition) is 4. The van der Waals surface area contributed by atoms with Gasteiger partial charge in [-0.2, -0.15) is 0 Å². The lowest BCUT2D eigenvalue weighted by Crippen LogP contribution is -2.16. The Bertz CT molecular complexity index is 925. The van der Waals surface area contributed by atoms with Gasteiger partial charge < -0.3 is 5.32 Å². The van der Waals surface area contributed by atoms with E-state index in [4.69, 9.17) is 0 Å². The van der Waals surface area contributed by atoms with Crippen LogP contribution in [0.15, 0.2) is 52.1 Å². The second kappa shape index (κ2) is 8.51. The van der Waals surface area contributed by atoms with E-state index in [-0.39, 0.29) is 11.7 Å². The fourth-order valence-electron chi connectivity index (χ4n) is 2.59. The molecule has 0 aliphatic carbocycles. The molecule has 0 radical (unpaired) electrons. The number of aromatic nitrogens is 3. The number of halogens is 1. The number of carbonyl (C=O) groups is 1. The SMILES string of the molecule is CCc1cccc(C)c1NC(=O)CSc1n[nH]c(-c2ccccc2Br)n1. The van der Waals surface area contributed by atoms with Gasteiger partial charge in [0.05, 0.1) is 5.75 Å². The third-order valence-electron chi connectivity index (χ3n) is 3.93. The van der Waals surface area contributed by atoms with Gasteiger partial charge in [-0.15, -0.1) is 5.10 Å². The van der Waals surface area contributed by atoms with E-state index in [2.05, 4.69) is 43.4 Å². The van der Waals surface area contributed by atoms with Crippen LogP contribution in [-0.2, 0) is 11.2 Å². The maximum Gasteiger partial charge on any atom is 0.234 e. The van der Waals surface area contributed by atoms with Crippen LogP contribution in [0.25, 0.3) is 11.4 Å². The van der Waals surface area contributed by atoms with Crippen molar-refractivity contribution in [2.45, 2.75) is 25.4 Å². The van der Waals surface area contributed by atoms with E-state index in [1.165, 1.54) is 11.8 Å². The third-order valence-corrected chi connectivity index (χ3v) is 5.47. The smallest absolute Gasteiger partial charge is 0.234 e. The summed E-state index contributed by atoms with van der Waals surface area (Å²) in [7, 11) is 0. The highest BCUT2D eigenvalue weighted by atomic mass is 79.9. The van der Waals surface area contributed by atoms with Crippen LogP contribution in [0.2, 0.25) is 0 Å². The molecule has 0 spiro atoms. The molecule has 5 nitrogen and oxygen atoms in total. The number of nitrogens with zero attached hydrogens (tertiary/aromatic N) is 2. The highest BCUT2D eigenvalue weighted by Crippen LogP contribution is 2.26. The van der Waals surface area contributed by atoms with E-state index in [1.54, 1.807) is 0 Å². The van der Waals surface area contributed by atoms with Crippen molar-refractivity contribution < 1.29 is 4.79 Å². The predicted molar refractivity (Wildman–Crippen MR) is 109 cm³/mol. The fourth-order valence-corrected chi connectivity index (χ4v) is 3.66. The molecule has 2 aromatic carbocycles. The van der Waals surface area contributed by atoms with Crippen molar-refractivity contribution in [1.29, 1.82) is 0 Å². The van der Waals surface area contributed by atoms with Crippen LogP contribution < -0.4 is 5.32 Å². The molecule has 3 aromatic rings. The van der Waals surface area contributed by atoms with E-state index >= 15 is 0 Å². The summed E-state index contributed by atoms with van der Waals surface area (Å²) in [6.45, 7) is 4.08. The zero-order valence-corrected chi connectivity index (χ0v) is 16.9. The molecule has 0 saturated heterocycles. The summed E-state index contributed by atoms with van der Waals surface area (Å²) in [5.41, 5.74) is 4.04. The van der Waals surface area contributed by atoms with E-state index in [1.807, 2.05) is 49.4 Å². The maximum absolute atomic E-state index is 12.3. The minimum Gasteiger partial charge on any atom is -0.325 e. The molecule has 1 heterocycles. The van der Waals surface area contributed by atoms with Crippen molar-refractivity contribution in [2.75, 3.05) is 11.1 Å². The first-order chi connectivity index (χ1) is 12.6. The predicted octanol–water partition coefficient (Wildman–Crippen LogP) is 4.84. The Morgan fingerprint density at radius 1 is 1.23 bits per heavy atom. The zero-order chi connectivity index (χ0) is 18.5. The van der Waals surface area contributed by atoms with Gasteiger partial charge in [-0.25, -0.2) is 4.98 Å². The number of anilines is 1. The van der Waals surface area contributed by atoms with Gasteiger partial charge in [-0.1, -0.05) is 71.0 Å². The molecule has 0 bridgehead atoms. The first kappa shape index (κ1) is 18.7. The van der Waals surface area contributed by atoms with Gasteiger partial charge in [0.2, 0.25) is 11.1 Å².